The minimum atomic E-state index is -1.00. The molecule has 3 aromatic carbocycles. The van der Waals surface area contributed by atoms with Crippen LogP contribution in [0.25, 0.3) is 0 Å². The van der Waals surface area contributed by atoms with Crippen LogP contribution >= 0.6 is 11.6 Å². The van der Waals surface area contributed by atoms with Gasteiger partial charge in [-0.2, -0.15) is 5.26 Å². The first-order valence-electron chi connectivity index (χ1n) is 20.3. The molecule has 14 heteroatoms. The average Bonchev–Trinajstić information content (AvgIpc) is 3.63. The molecule has 5 aliphatic rings. The van der Waals surface area contributed by atoms with Gasteiger partial charge in [0.05, 0.1) is 10.6 Å². The summed E-state index contributed by atoms with van der Waals surface area (Å²) in [5, 5.41) is 11.9. The number of anilines is 3. The summed E-state index contributed by atoms with van der Waals surface area (Å²) in [4.78, 5) is 75.4. The van der Waals surface area contributed by atoms with Crippen molar-refractivity contribution in [1.29, 1.82) is 5.26 Å². The van der Waals surface area contributed by atoms with Gasteiger partial charge in [0.25, 0.3) is 11.8 Å². The number of rotatable bonds is 9. The molecule has 58 heavy (non-hydrogen) atoms. The molecule has 302 valence electrons. The molecular formula is C44H49ClN8O5. The van der Waals surface area contributed by atoms with Gasteiger partial charge in [0.1, 0.15) is 12.1 Å². The molecule has 3 aromatic rings. The zero-order chi connectivity index (χ0) is 40.6. The second kappa shape index (κ2) is 16.4. The lowest BCUT2D eigenvalue weighted by molar-refractivity contribution is -0.139. The molecule has 5 amide bonds. The predicted molar refractivity (Wildman–Crippen MR) is 221 cm³/mol. The maximum atomic E-state index is 13.5. The first-order valence-corrected chi connectivity index (χ1v) is 20.7. The quantitative estimate of drug-likeness (QED) is 0.246. The summed E-state index contributed by atoms with van der Waals surface area (Å²) >= 11 is 6.32. The van der Waals surface area contributed by atoms with Crippen molar-refractivity contribution in [1.82, 2.24) is 20.0 Å². The highest BCUT2D eigenvalue weighted by Gasteiger charge is 2.42. The van der Waals surface area contributed by atoms with E-state index in [9.17, 15) is 29.2 Å². The molecule has 5 heterocycles. The van der Waals surface area contributed by atoms with Crippen molar-refractivity contribution in [2.45, 2.75) is 45.1 Å². The van der Waals surface area contributed by atoms with Crippen LogP contribution < -0.4 is 20.0 Å². The maximum absolute atomic E-state index is 13.5. The zero-order valence-electron chi connectivity index (χ0n) is 32.9. The Morgan fingerprint density at radius 3 is 2.22 bits per heavy atom. The van der Waals surface area contributed by atoms with Crippen LogP contribution in [-0.2, 0) is 14.4 Å². The second-order valence-electron chi connectivity index (χ2n) is 16.6. The molecule has 1 atom stereocenters. The van der Waals surface area contributed by atoms with Crippen LogP contribution in [0.4, 0.5) is 17.1 Å². The number of piperazine rings is 1. The van der Waals surface area contributed by atoms with Crippen LogP contribution in [0.2, 0.25) is 5.02 Å². The van der Waals surface area contributed by atoms with Crippen LogP contribution in [0.1, 0.15) is 63.9 Å². The van der Waals surface area contributed by atoms with Gasteiger partial charge in [-0.25, -0.2) is 0 Å². The number of piperidine rings is 2. The number of benzene rings is 3. The fourth-order valence-electron chi connectivity index (χ4n) is 9.37. The molecule has 0 aromatic heterocycles. The van der Waals surface area contributed by atoms with Crippen molar-refractivity contribution in [2.24, 2.45) is 11.3 Å². The Kier molecular flexibility index (Phi) is 11.2. The third-order valence-electron chi connectivity index (χ3n) is 13.0. The summed E-state index contributed by atoms with van der Waals surface area (Å²) in [5.41, 5.74) is 5.59. The first kappa shape index (κ1) is 39.4. The number of imide groups is 2. The molecule has 8 rings (SSSR count). The van der Waals surface area contributed by atoms with Crippen LogP contribution in [0.5, 0.6) is 0 Å². The van der Waals surface area contributed by atoms with E-state index in [1.54, 1.807) is 12.1 Å². The van der Waals surface area contributed by atoms with E-state index < -0.39 is 23.8 Å². The number of likely N-dealkylation sites (tertiary alicyclic amines) is 1. The van der Waals surface area contributed by atoms with Crippen molar-refractivity contribution in [2.75, 3.05) is 86.7 Å². The zero-order valence-corrected chi connectivity index (χ0v) is 33.6. The molecule has 5 aliphatic heterocycles. The number of hydrogen-bond donors (Lipinski definition) is 1. The number of amides is 5. The van der Waals surface area contributed by atoms with Gasteiger partial charge in [-0.3, -0.25) is 39.1 Å². The summed E-state index contributed by atoms with van der Waals surface area (Å²) in [6.45, 7) is 11.6. The van der Waals surface area contributed by atoms with E-state index in [4.69, 9.17) is 11.6 Å². The number of carbonyl (C=O) groups excluding carboxylic acids is 5. The molecule has 5 fully saturated rings. The highest BCUT2D eigenvalue weighted by atomic mass is 35.5. The van der Waals surface area contributed by atoms with Crippen molar-refractivity contribution in [3.8, 4) is 6.07 Å². The molecule has 5 saturated heterocycles. The highest BCUT2D eigenvalue weighted by Crippen LogP contribution is 2.43. The van der Waals surface area contributed by atoms with E-state index in [-0.39, 0.29) is 24.2 Å². The number of nitrogens with zero attached hydrogens (tertiary/aromatic N) is 7. The van der Waals surface area contributed by atoms with Gasteiger partial charge in [-0.05, 0) is 98.2 Å². The smallest absolute Gasteiger partial charge is 0.261 e. The number of halogens is 1. The lowest BCUT2D eigenvalue weighted by atomic mass is 9.77. The fraction of sp³-hybridized carbons (Fsp3) is 0.455. The van der Waals surface area contributed by atoms with Gasteiger partial charge in [0.2, 0.25) is 18.2 Å². The van der Waals surface area contributed by atoms with E-state index >= 15 is 0 Å². The Morgan fingerprint density at radius 2 is 1.55 bits per heavy atom. The van der Waals surface area contributed by atoms with Crippen molar-refractivity contribution < 1.29 is 24.0 Å². The summed E-state index contributed by atoms with van der Waals surface area (Å²) in [6, 6.07) is 20.5. The van der Waals surface area contributed by atoms with Gasteiger partial charge in [0, 0.05) is 113 Å². The fourth-order valence-corrected chi connectivity index (χ4v) is 9.59. The second-order valence-corrected chi connectivity index (χ2v) is 17.0. The first-order chi connectivity index (χ1) is 28.0. The van der Waals surface area contributed by atoms with Gasteiger partial charge in [0.15, 0.2) is 0 Å². The predicted octanol–water partition coefficient (Wildman–Crippen LogP) is 4.32. The lowest BCUT2D eigenvalue weighted by Gasteiger charge is -2.45. The maximum Gasteiger partial charge on any atom is 0.261 e. The van der Waals surface area contributed by atoms with Crippen molar-refractivity contribution >= 4 is 58.7 Å². The Bertz CT molecular complexity index is 2130. The topological polar surface area (TPSA) is 141 Å². The molecular weight excluding hydrogens is 756 g/mol. The molecule has 1 N–H and O–H groups in total. The molecule has 1 unspecified atom stereocenters. The average molecular weight is 805 g/mol. The Morgan fingerprint density at radius 1 is 0.879 bits per heavy atom. The third-order valence-corrected chi connectivity index (χ3v) is 13.3. The monoisotopic (exact) mass is 804 g/mol. The summed E-state index contributed by atoms with van der Waals surface area (Å²) in [6.07, 6.45) is 3.62. The Balaban J connectivity index is 0.776. The van der Waals surface area contributed by atoms with E-state index in [0.717, 1.165) is 119 Å². The molecule has 0 bridgehead atoms. The minimum Gasteiger partial charge on any atom is -0.371 e. The van der Waals surface area contributed by atoms with Gasteiger partial charge in [-0.1, -0.05) is 17.7 Å². The lowest BCUT2D eigenvalue weighted by Crippen LogP contribution is -2.55. The van der Waals surface area contributed by atoms with Crippen LogP contribution in [0, 0.1) is 29.6 Å². The molecule has 0 aliphatic carbocycles. The number of hydrogen-bond acceptors (Lipinski definition) is 10. The number of nitrogens with one attached hydrogen (secondary N) is 1. The third kappa shape index (κ3) is 8.00. The standard InChI is InChI=1S/C44H49ClN8O5/c1-30-2-6-35(22-37(30)43(58)53(29-54)39-10-11-40(55)47-41(39)56)52-26-31(27-52)25-48-18-20-49(21-19-48)34-7-3-32(4-8-34)42(57)50-15-12-44(13-16-50)14-17-51(28-44)36-9-5-33(24-46)38(45)23-36/h2-9,22-23,29,31,39H,10-21,25-28H2,1H3,(H,47,55,56). The highest BCUT2D eigenvalue weighted by molar-refractivity contribution is 6.32. The van der Waals surface area contributed by atoms with Crippen LogP contribution in [0.3, 0.4) is 0 Å². The van der Waals surface area contributed by atoms with E-state index in [2.05, 4.69) is 43.1 Å². The normalized spacial score (nSPS) is 21.1. The van der Waals surface area contributed by atoms with E-state index in [1.165, 1.54) is 0 Å². The number of aryl methyl sites for hydroxylation is 1. The molecule has 13 nitrogen and oxygen atoms in total. The molecule has 0 radical (unpaired) electrons. The largest absolute Gasteiger partial charge is 0.371 e. The SMILES string of the molecule is Cc1ccc(N2CC(CN3CCN(c4ccc(C(=O)N5CCC6(CC5)CCN(c5ccc(C#N)c(Cl)c5)C6)cc4)CC3)C2)cc1C(=O)N(C=O)C1CCC(=O)NC1=O. The summed E-state index contributed by atoms with van der Waals surface area (Å²) in [5.74, 6) is -0.985. The molecule has 0 saturated carbocycles. The van der Waals surface area contributed by atoms with E-state index in [0.29, 0.717) is 34.0 Å². The summed E-state index contributed by atoms with van der Waals surface area (Å²) < 4.78 is 0. The van der Waals surface area contributed by atoms with Gasteiger partial charge < -0.3 is 19.6 Å². The van der Waals surface area contributed by atoms with Crippen molar-refractivity contribution in [3.63, 3.8) is 0 Å². The Hall–Kier alpha value is -5.45. The molecule has 1 spiro atoms. The van der Waals surface area contributed by atoms with Gasteiger partial charge >= 0.3 is 0 Å². The number of nitriles is 1. The van der Waals surface area contributed by atoms with E-state index in [1.807, 2.05) is 48.2 Å². The summed E-state index contributed by atoms with van der Waals surface area (Å²) in [7, 11) is 0. The number of carbonyl (C=O) groups is 5. The van der Waals surface area contributed by atoms with Gasteiger partial charge in [-0.15, -0.1) is 0 Å². The Labute approximate surface area is 344 Å². The minimum absolute atomic E-state index is 0.0783. The van der Waals surface area contributed by atoms with Crippen LogP contribution in [0.15, 0.2) is 60.7 Å². The van der Waals surface area contributed by atoms with Crippen LogP contribution in [-0.4, -0.2) is 123 Å². The van der Waals surface area contributed by atoms with Crippen molar-refractivity contribution in [3.05, 3.63) is 87.9 Å².